The number of rotatable bonds is 4. The zero-order chi connectivity index (χ0) is 15.5. The monoisotopic (exact) mass is 321 g/mol. The Morgan fingerprint density at radius 1 is 1.50 bits per heavy atom. The smallest absolute Gasteiger partial charge is 0.258 e. The van der Waals surface area contributed by atoms with Crippen LogP contribution in [0.3, 0.4) is 0 Å². The van der Waals surface area contributed by atoms with Gasteiger partial charge in [-0.3, -0.25) is 4.90 Å². The largest absolute Gasteiger partial charge is 0.393 e. The van der Waals surface area contributed by atoms with Gasteiger partial charge in [0.25, 0.3) is 5.89 Å². The summed E-state index contributed by atoms with van der Waals surface area (Å²) in [6, 6.07) is 7.38. The maximum Gasteiger partial charge on any atom is 0.258 e. The van der Waals surface area contributed by atoms with Crippen molar-refractivity contribution >= 4 is 11.6 Å². The molecule has 2 atom stereocenters. The second-order valence-corrected chi connectivity index (χ2v) is 6.34. The molecule has 0 amide bonds. The van der Waals surface area contributed by atoms with E-state index in [4.69, 9.17) is 16.1 Å². The molecule has 1 aliphatic heterocycles. The lowest BCUT2D eigenvalue weighted by molar-refractivity contribution is 0.0586. The molecule has 0 spiro atoms. The van der Waals surface area contributed by atoms with Crippen LogP contribution in [0, 0.1) is 5.92 Å². The summed E-state index contributed by atoms with van der Waals surface area (Å²) in [5.74, 6) is 1.48. The minimum absolute atomic E-state index is 0.268. The number of likely N-dealkylation sites (tertiary alicyclic amines) is 1. The zero-order valence-corrected chi connectivity index (χ0v) is 13.3. The van der Waals surface area contributed by atoms with Gasteiger partial charge >= 0.3 is 0 Å². The molecule has 1 fully saturated rings. The van der Waals surface area contributed by atoms with Crippen molar-refractivity contribution in [2.45, 2.75) is 32.4 Å². The average molecular weight is 322 g/mol. The summed E-state index contributed by atoms with van der Waals surface area (Å²) in [7, 11) is 0. The molecule has 0 radical (unpaired) electrons. The lowest BCUT2D eigenvalue weighted by Gasteiger charge is -2.33. The van der Waals surface area contributed by atoms with Crippen LogP contribution in [0.4, 0.5) is 0 Å². The van der Waals surface area contributed by atoms with Gasteiger partial charge < -0.3 is 9.63 Å². The molecule has 2 heterocycles. The number of halogens is 1. The van der Waals surface area contributed by atoms with Gasteiger partial charge in [-0.25, -0.2) is 0 Å². The fraction of sp³-hybridized carbons (Fsp3) is 0.500. The number of nitrogens with zero attached hydrogens (tertiary/aromatic N) is 3. The van der Waals surface area contributed by atoms with Crippen molar-refractivity contribution in [3.8, 4) is 11.5 Å². The number of aliphatic hydroxyl groups is 1. The molecule has 118 valence electrons. The van der Waals surface area contributed by atoms with Crippen molar-refractivity contribution in [3.05, 3.63) is 35.1 Å². The second kappa shape index (κ2) is 6.77. The van der Waals surface area contributed by atoms with E-state index in [-0.39, 0.29) is 6.10 Å². The van der Waals surface area contributed by atoms with Gasteiger partial charge in [-0.1, -0.05) is 22.8 Å². The normalized spacial score (nSPS) is 21.0. The quantitative estimate of drug-likeness (QED) is 0.938. The van der Waals surface area contributed by atoms with Crippen LogP contribution < -0.4 is 0 Å². The van der Waals surface area contributed by atoms with Gasteiger partial charge in [-0.05, 0) is 50.4 Å². The SMILES string of the molecule is CC(O)C1CCCN(Cc2noc(-c3cccc(Cl)c3)n2)C1. The summed E-state index contributed by atoms with van der Waals surface area (Å²) in [5.41, 5.74) is 0.826. The highest BCUT2D eigenvalue weighted by Crippen LogP contribution is 2.23. The van der Waals surface area contributed by atoms with Crippen LogP contribution in [-0.2, 0) is 6.54 Å². The van der Waals surface area contributed by atoms with Crippen molar-refractivity contribution in [3.63, 3.8) is 0 Å². The van der Waals surface area contributed by atoms with E-state index in [1.165, 1.54) is 0 Å². The van der Waals surface area contributed by atoms with Crippen LogP contribution in [0.5, 0.6) is 0 Å². The fourth-order valence-electron chi connectivity index (χ4n) is 2.89. The van der Waals surface area contributed by atoms with Crippen molar-refractivity contribution in [1.29, 1.82) is 0 Å². The van der Waals surface area contributed by atoms with E-state index in [1.54, 1.807) is 0 Å². The molecule has 6 heteroatoms. The highest BCUT2D eigenvalue weighted by atomic mass is 35.5. The molecule has 3 rings (SSSR count). The van der Waals surface area contributed by atoms with Gasteiger partial charge in [0.15, 0.2) is 5.82 Å². The zero-order valence-electron chi connectivity index (χ0n) is 12.6. The summed E-state index contributed by atoms with van der Waals surface area (Å²) < 4.78 is 5.33. The average Bonchev–Trinajstić information content (AvgIpc) is 2.96. The van der Waals surface area contributed by atoms with Crippen LogP contribution in [-0.4, -0.2) is 39.3 Å². The Hall–Kier alpha value is -1.43. The molecular weight excluding hydrogens is 302 g/mol. The predicted octanol–water partition coefficient (Wildman–Crippen LogP) is 2.98. The highest BCUT2D eigenvalue weighted by Gasteiger charge is 2.24. The summed E-state index contributed by atoms with van der Waals surface area (Å²) in [5, 5.41) is 14.5. The molecule has 0 bridgehead atoms. The number of aromatic nitrogens is 2. The van der Waals surface area contributed by atoms with Gasteiger partial charge in [0, 0.05) is 17.1 Å². The molecule has 2 aromatic rings. The standard InChI is InChI=1S/C16H20ClN3O2/c1-11(21)13-5-3-7-20(9-13)10-15-18-16(22-19-15)12-4-2-6-14(17)8-12/h2,4,6,8,11,13,21H,3,5,7,9-10H2,1H3. The Morgan fingerprint density at radius 3 is 3.14 bits per heavy atom. The van der Waals surface area contributed by atoms with E-state index in [0.717, 1.165) is 31.5 Å². The molecule has 2 unspecified atom stereocenters. The molecule has 1 aromatic carbocycles. The Kier molecular flexibility index (Phi) is 4.76. The number of hydrogen-bond donors (Lipinski definition) is 1. The second-order valence-electron chi connectivity index (χ2n) is 5.90. The van der Waals surface area contributed by atoms with Gasteiger partial charge in [-0.15, -0.1) is 0 Å². The third-order valence-corrected chi connectivity index (χ3v) is 4.36. The van der Waals surface area contributed by atoms with Crippen molar-refractivity contribution in [2.75, 3.05) is 13.1 Å². The highest BCUT2D eigenvalue weighted by molar-refractivity contribution is 6.30. The molecule has 1 N–H and O–H groups in total. The Labute approximate surface area is 134 Å². The number of aliphatic hydroxyl groups excluding tert-OH is 1. The van der Waals surface area contributed by atoms with Crippen molar-refractivity contribution < 1.29 is 9.63 Å². The third-order valence-electron chi connectivity index (χ3n) is 4.13. The van der Waals surface area contributed by atoms with Crippen molar-refractivity contribution in [1.82, 2.24) is 15.0 Å². The van der Waals surface area contributed by atoms with Crippen LogP contribution in [0.25, 0.3) is 11.5 Å². The van der Waals surface area contributed by atoms with Crippen LogP contribution in [0.15, 0.2) is 28.8 Å². The van der Waals surface area contributed by atoms with E-state index in [9.17, 15) is 5.11 Å². The molecule has 1 aliphatic rings. The van der Waals surface area contributed by atoms with Crippen molar-refractivity contribution in [2.24, 2.45) is 5.92 Å². The van der Waals surface area contributed by atoms with E-state index >= 15 is 0 Å². The molecule has 22 heavy (non-hydrogen) atoms. The van der Waals surface area contributed by atoms with Gasteiger partial charge in [0.2, 0.25) is 0 Å². The number of benzene rings is 1. The first-order valence-corrected chi connectivity index (χ1v) is 7.98. The Morgan fingerprint density at radius 2 is 2.36 bits per heavy atom. The lowest BCUT2D eigenvalue weighted by atomic mass is 9.93. The predicted molar refractivity (Wildman–Crippen MR) is 84.4 cm³/mol. The first-order chi connectivity index (χ1) is 10.6. The first kappa shape index (κ1) is 15.5. The summed E-state index contributed by atoms with van der Waals surface area (Å²) in [4.78, 5) is 6.72. The maximum atomic E-state index is 9.75. The van der Waals surface area contributed by atoms with Gasteiger partial charge in [-0.2, -0.15) is 4.98 Å². The topological polar surface area (TPSA) is 62.4 Å². The lowest BCUT2D eigenvalue weighted by Crippen LogP contribution is -2.39. The molecule has 0 saturated carbocycles. The van der Waals surface area contributed by atoms with E-state index in [2.05, 4.69) is 15.0 Å². The van der Waals surface area contributed by atoms with E-state index < -0.39 is 0 Å². The Bertz CT molecular complexity index is 629. The maximum absolute atomic E-state index is 9.75. The minimum Gasteiger partial charge on any atom is -0.393 e. The molecule has 0 aliphatic carbocycles. The summed E-state index contributed by atoms with van der Waals surface area (Å²) in [6.45, 7) is 4.38. The summed E-state index contributed by atoms with van der Waals surface area (Å²) >= 11 is 5.98. The number of piperidine rings is 1. The molecular formula is C16H20ClN3O2. The summed E-state index contributed by atoms with van der Waals surface area (Å²) in [6.07, 6.45) is 1.90. The molecule has 5 nitrogen and oxygen atoms in total. The van der Waals surface area contributed by atoms with Crippen LogP contribution in [0.2, 0.25) is 5.02 Å². The van der Waals surface area contributed by atoms with Crippen LogP contribution >= 0.6 is 11.6 Å². The first-order valence-electron chi connectivity index (χ1n) is 7.61. The van der Waals surface area contributed by atoms with E-state index in [0.29, 0.717) is 29.2 Å². The minimum atomic E-state index is -0.268. The fourth-order valence-corrected chi connectivity index (χ4v) is 3.08. The Balaban J connectivity index is 1.67. The molecule has 1 aromatic heterocycles. The van der Waals surface area contributed by atoms with E-state index in [1.807, 2.05) is 31.2 Å². The third kappa shape index (κ3) is 3.66. The number of hydrogen-bond acceptors (Lipinski definition) is 5. The van der Waals surface area contributed by atoms with Gasteiger partial charge in [0.1, 0.15) is 0 Å². The molecule has 1 saturated heterocycles. The van der Waals surface area contributed by atoms with Crippen LogP contribution in [0.1, 0.15) is 25.6 Å². The van der Waals surface area contributed by atoms with Gasteiger partial charge in [0.05, 0.1) is 12.6 Å².